The Morgan fingerprint density at radius 3 is 2.28 bits per heavy atom. The monoisotopic (exact) mass is 364 g/mol. The molecule has 2 aliphatic rings. The molecule has 3 rings (SSSR count). The largest absolute Gasteiger partial charge is 0.339 e. The van der Waals surface area contributed by atoms with Gasteiger partial charge in [-0.25, -0.2) is 0 Å². The van der Waals surface area contributed by atoms with Gasteiger partial charge in [0.15, 0.2) is 0 Å². The molecule has 2 fully saturated rings. The maximum Gasteiger partial charge on any atom is 0.253 e. The van der Waals surface area contributed by atoms with Gasteiger partial charge in [-0.3, -0.25) is 4.79 Å². The molecular formula is C21H33ClN2O. The van der Waals surface area contributed by atoms with Crippen LogP contribution in [0.25, 0.3) is 0 Å². The van der Waals surface area contributed by atoms with Crippen LogP contribution in [-0.4, -0.2) is 37.0 Å². The van der Waals surface area contributed by atoms with E-state index in [0.717, 1.165) is 50.5 Å². The van der Waals surface area contributed by atoms with Crippen molar-refractivity contribution in [1.82, 2.24) is 10.2 Å². The van der Waals surface area contributed by atoms with E-state index in [1.54, 1.807) is 0 Å². The fourth-order valence-electron chi connectivity index (χ4n) is 4.20. The highest BCUT2D eigenvalue weighted by Gasteiger charge is 2.23. The first-order chi connectivity index (χ1) is 11.8. The third-order valence-corrected chi connectivity index (χ3v) is 5.82. The Morgan fingerprint density at radius 2 is 1.68 bits per heavy atom. The van der Waals surface area contributed by atoms with Crippen molar-refractivity contribution in [2.75, 3.05) is 26.2 Å². The van der Waals surface area contributed by atoms with Gasteiger partial charge in [0.2, 0.25) is 0 Å². The average molecular weight is 365 g/mol. The molecule has 0 aromatic heterocycles. The molecule has 0 unspecified atom stereocenters. The first-order valence-electron chi connectivity index (χ1n) is 9.88. The van der Waals surface area contributed by atoms with Gasteiger partial charge in [0.1, 0.15) is 0 Å². The van der Waals surface area contributed by atoms with Crippen molar-refractivity contribution >= 4 is 18.3 Å². The van der Waals surface area contributed by atoms with Gasteiger partial charge in [0.25, 0.3) is 5.91 Å². The van der Waals surface area contributed by atoms with Gasteiger partial charge < -0.3 is 10.2 Å². The van der Waals surface area contributed by atoms with E-state index >= 15 is 0 Å². The molecule has 0 bridgehead atoms. The fraction of sp³-hybridized carbons (Fsp3) is 0.667. The van der Waals surface area contributed by atoms with Crippen molar-refractivity contribution in [2.45, 2.75) is 57.8 Å². The molecule has 1 saturated carbocycles. The van der Waals surface area contributed by atoms with Crippen LogP contribution in [-0.2, 0) is 0 Å². The van der Waals surface area contributed by atoms with Gasteiger partial charge in [0.05, 0.1) is 0 Å². The molecule has 1 aromatic rings. The predicted molar refractivity (Wildman–Crippen MR) is 107 cm³/mol. The lowest BCUT2D eigenvalue weighted by Crippen LogP contribution is -2.40. The molecule has 0 spiro atoms. The molecule has 1 N–H and O–H groups in total. The number of hydrogen-bond donors (Lipinski definition) is 1. The van der Waals surface area contributed by atoms with Crippen molar-refractivity contribution in [3.05, 3.63) is 35.4 Å². The van der Waals surface area contributed by atoms with E-state index in [-0.39, 0.29) is 18.3 Å². The molecule has 1 heterocycles. The first-order valence-corrected chi connectivity index (χ1v) is 9.88. The molecule has 1 aliphatic carbocycles. The van der Waals surface area contributed by atoms with Crippen LogP contribution in [0.1, 0.15) is 73.7 Å². The van der Waals surface area contributed by atoms with E-state index in [9.17, 15) is 4.79 Å². The zero-order valence-corrected chi connectivity index (χ0v) is 16.3. The van der Waals surface area contributed by atoms with Crippen LogP contribution in [0.3, 0.4) is 0 Å². The number of nitrogens with one attached hydrogen (secondary N) is 1. The van der Waals surface area contributed by atoms with Crippen LogP contribution in [0.5, 0.6) is 0 Å². The molecule has 1 amide bonds. The molecule has 1 aromatic carbocycles. The van der Waals surface area contributed by atoms with Crippen LogP contribution >= 0.6 is 12.4 Å². The minimum absolute atomic E-state index is 0. The second kappa shape index (κ2) is 10.2. The number of rotatable bonds is 5. The normalized spacial score (nSPS) is 19.5. The standard InChI is InChI=1S/C21H32N2O.ClH/c1-2-22-16-17-12-14-23(15-13-17)21(24)20-10-8-19(9-11-20)18-6-4-3-5-7-18;/h8-11,17-18,22H,2-7,12-16H2,1H3;1H. The van der Waals surface area contributed by atoms with Crippen molar-refractivity contribution in [1.29, 1.82) is 0 Å². The van der Waals surface area contributed by atoms with Crippen LogP contribution < -0.4 is 5.32 Å². The molecule has 140 valence electrons. The second-order valence-corrected chi connectivity index (χ2v) is 7.50. The lowest BCUT2D eigenvalue weighted by Gasteiger charge is -2.32. The molecule has 0 radical (unpaired) electrons. The number of amides is 1. The molecule has 1 saturated heterocycles. The third kappa shape index (κ3) is 5.46. The van der Waals surface area contributed by atoms with E-state index < -0.39 is 0 Å². The summed E-state index contributed by atoms with van der Waals surface area (Å²) in [4.78, 5) is 14.8. The summed E-state index contributed by atoms with van der Waals surface area (Å²) in [6.45, 7) is 6.08. The fourth-order valence-corrected chi connectivity index (χ4v) is 4.20. The molecule has 3 nitrogen and oxygen atoms in total. The number of benzene rings is 1. The molecule has 1 aliphatic heterocycles. The van der Waals surface area contributed by atoms with Gasteiger partial charge in [-0.05, 0) is 68.3 Å². The summed E-state index contributed by atoms with van der Waals surface area (Å²) in [5, 5.41) is 3.43. The second-order valence-electron chi connectivity index (χ2n) is 7.50. The number of carbonyl (C=O) groups is 1. The summed E-state index contributed by atoms with van der Waals surface area (Å²) in [6.07, 6.45) is 8.97. The maximum atomic E-state index is 12.7. The third-order valence-electron chi connectivity index (χ3n) is 5.82. The number of piperidine rings is 1. The van der Waals surface area contributed by atoms with Crippen molar-refractivity contribution < 1.29 is 4.79 Å². The van der Waals surface area contributed by atoms with Crippen molar-refractivity contribution in [2.24, 2.45) is 5.92 Å². The Bertz CT molecular complexity index is 517. The average Bonchev–Trinajstić information content (AvgIpc) is 2.67. The SMILES string of the molecule is CCNCC1CCN(C(=O)c2ccc(C3CCCCC3)cc2)CC1.Cl. The van der Waals surface area contributed by atoms with Crippen LogP contribution in [0, 0.1) is 5.92 Å². The number of halogens is 1. The van der Waals surface area contributed by atoms with Gasteiger partial charge in [-0.15, -0.1) is 12.4 Å². The van der Waals surface area contributed by atoms with Crippen LogP contribution in [0.4, 0.5) is 0 Å². The lowest BCUT2D eigenvalue weighted by molar-refractivity contribution is 0.0690. The van der Waals surface area contributed by atoms with Gasteiger partial charge in [-0.2, -0.15) is 0 Å². The summed E-state index contributed by atoms with van der Waals surface area (Å²) < 4.78 is 0. The summed E-state index contributed by atoms with van der Waals surface area (Å²) in [7, 11) is 0. The van der Waals surface area contributed by atoms with Crippen molar-refractivity contribution in [3.63, 3.8) is 0 Å². The minimum atomic E-state index is 0. The van der Waals surface area contributed by atoms with E-state index in [0.29, 0.717) is 5.92 Å². The van der Waals surface area contributed by atoms with Crippen molar-refractivity contribution in [3.8, 4) is 0 Å². The summed E-state index contributed by atoms with van der Waals surface area (Å²) in [6, 6.07) is 8.50. The van der Waals surface area contributed by atoms with E-state index in [1.807, 2.05) is 4.90 Å². The Labute approximate surface area is 159 Å². The quantitative estimate of drug-likeness (QED) is 0.826. The number of likely N-dealkylation sites (tertiary alicyclic amines) is 1. The first kappa shape index (κ1) is 20.3. The smallest absolute Gasteiger partial charge is 0.253 e. The molecule has 25 heavy (non-hydrogen) atoms. The summed E-state index contributed by atoms with van der Waals surface area (Å²) in [5.74, 6) is 1.65. The zero-order chi connectivity index (χ0) is 16.8. The van der Waals surface area contributed by atoms with Gasteiger partial charge >= 0.3 is 0 Å². The summed E-state index contributed by atoms with van der Waals surface area (Å²) in [5.41, 5.74) is 2.29. The number of hydrogen-bond acceptors (Lipinski definition) is 2. The predicted octanol–water partition coefficient (Wildman–Crippen LogP) is 4.62. The molecule has 4 heteroatoms. The molecule has 0 atom stereocenters. The van der Waals surface area contributed by atoms with E-state index in [2.05, 4.69) is 36.5 Å². The topological polar surface area (TPSA) is 32.3 Å². The molecular weight excluding hydrogens is 332 g/mol. The Hall–Kier alpha value is -1.06. The van der Waals surface area contributed by atoms with Crippen LogP contribution in [0.2, 0.25) is 0 Å². The van der Waals surface area contributed by atoms with Gasteiger partial charge in [-0.1, -0.05) is 38.3 Å². The maximum absolute atomic E-state index is 12.7. The highest BCUT2D eigenvalue weighted by atomic mass is 35.5. The highest BCUT2D eigenvalue weighted by molar-refractivity contribution is 5.94. The van der Waals surface area contributed by atoms with Crippen LogP contribution in [0.15, 0.2) is 24.3 Å². The Morgan fingerprint density at radius 1 is 1.04 bits per heavy atom. The highest BCUT2D eigenvalue weighted by Crippen LogP contribution is 2.32. The van der Waals surface area contributed by atoms with Gasteiger partial charge in [0, 0.05) is 18.7 Å². The Balaban J connectivity index is 0.00000225. The minimum Gasteiger partial charge on any atom is -0.339 e. The number of nitrogens with zero attached hydrogens (tertiary/aromatic N) is 1. The van der Waals surface area contributed by atoms with E-state index in [4.69, 9.17) is 0 Å². The summed E-state index contributed by atoms with van der Waals surface area (Å²) >= 11 is 0. The van der Waals surface area contributed by atoms with E-state index in [1.165, 1.54) is 37.7 Å². The number of carbonyl (C=O) groups excluding carboxylic acids is 1. The zero-order valence-electron chi connectivity index (χ0n) is 15.5. The Kier molecular flexibility index (Phi) is 8.25. The lowest BCUT2D eigenvalue weighted by atomic mass is 9.84.